The van der Waals surface area contributed by atoms with Crippen LogP contribution >= 0.6 is 15.9 Å². The SMILES string of the molecule is CNNC(=O)CCCc1cc(Br)ccc1F. The Morgan fingerprint density at radius 3 is 2.94 bits per heavy atom. The van der Waals surface area contributed by atoms with Gasteiger partial charge in [-0.3, -0.25) is 10.2 Å². The number of carbonyl (C=O) groups is 1. The Hall–Kier alpha value is -0.940. The van der Waals surface area contributed by atoms with Crippen LogP contribution in [0.1, 0.15) is 18.4 Å². The molecule has 0 spiro atoms. The standard InChI is InChI=1S/C11H14BrFN2O/c1-14-15-11(16)4-2-3-8-7-9(12)5-6-10(8)13/h5-7,14H,2-4H2,1H3,(H,15,16). The van der Waals surface area contributed by atoms with Crippen LogP contribution in [0.3, 0.4) is 0 Å². The molecule has 0 saturated carbocycles. The van der Waals surface area contributed by atoms with Crippen molar-refractivity contribution in [2.45, 2.75) is 19.3 Å². The number of nitrogens with one attached hydrogen (secondary N) is 2. The predicted octanol–water partition coefficient (Wildman–Crippen LogP) is 2.16. The third-order valence-electron chi connectivity index (χ3n) is 2.12. The molecule has 0 fully saturated rings. The molecule has 0 aliphatic heterocycles. The molecule has 1 aromatic carbocycles. The van der Waals surface area contributed by atoms with Gasteiger partial charge in [-0.15, -0.1) is 0 Å². The fourth-order valence-corrected chi connectivity index (χ4v) is 1.78. The Balaban J connectivity index is 2.42. The van der Waals surface area contributed by atoms with Gasteiger partial charge in [-0.05, 0) is 36.6 Å². The van der Waals surface area contributed by atoms with Crippen molar-refractivity contribution >= 4 is 21.8 Å². The van der Waals surface area contributed by atoms with Crippen molar-refractivity contribution < 1.29 is 9.18 Å². The molecular formula is C11H14BrFN2O. The number of halogens is 2. The molecule has 0 heterocycles. The highest BCUT2D eigenvalue weighted by Crippen LogP contribution is 2.17. The van der Waals surface area contributed by atoms with Gasteiger partial charge in [0.05, 0.1) is 0 Å². The number of carbonyl (C=O) groups excluding carboxylic acids is 1. The third kappa shape index (κ3) is 4.28. The molecule has 0 aliphatic rings. The first-order chi connectivity index (χ1) is 7.63. The molecule has 0 aliphatic carbocycles. The van der Waals surface area contributed by atoms with E-state index in [4.69, 9.17) is 0 Å². The molecule has 0 saturated heterocycles. The number of aryl methyl sites for hydroxylation is 1. The highest BCUT2D eigenvalue weighted by molar-refractivity contribution is 9.10. The summed E-state index contributed by atoms with van der Waals surface area (Å²) in [5.41, 5.74) is 5.65. The molecule has 88 valence electrons. The number of hydrogen-bond acceptors (Lipinski definition) is 2. The van der Waals surface area contributed by atoms with Crippen molar-refractivity contribution in [1.29, 1.82) is 0 Å². The van der Waals surface area contributed by atoms with Crippen molar-refractivity contribution in [3.63, 3.8) is 0 Å². The van der Waals surface area contributed by atoms with Crippen LogP contribution in [0.5, 0.6) is 0 Å². The summed E-state index contributed by atoms with van der Waals surface area (Å²) in [5, 5.41) is 0. The van der Waals surface area contributed by atoms with E-state index < -0.39 is 0 Å². The monoisotopic (exact) mass is 288 g/mol. The molecule has 0 unspecified atom stereocenters. The lowest BCUT2D eigenvalue weighted by Gasteiger charge is -2.04. The van der Waals surface area contributed by atoms with Crippen LogP contribution in [0, 0.1) is 5.82 Å². The maximum absolute atomic E-state index is 13.3. The Labute approximate surface area is 103 Å². The van der Waals surface area contributed by atoms with E-state index in [9.17, 15) is 9.18 Å². The third-order valence-corrected chi connectivity index (χ3v) is 2.62. The van der Waals surface area contributed by atoms with Gasteiger partial charge in [0.1, 0.15) is 5.82 Å². The normalized spacial score (nSPS) is 10.2. The van der Waals surface area contributed by atoms with Gasteiger partial charge in [0.2, 0.25) is 5.91 Å². The summed E-state index contributed by atoms with van der Waals surface area (Å²) in [7, 11) is 1.63. The van der Waals surface area contributed by atoms with E-state index in [2.05, 4.69) is 26.8 Å². The number of amides is 1. The van der Waals surface area contributed by atoms with Crippen molar-refractivity contribution in [3.8, 4) is 0 Å². The number of hydrazine groups is 1. The van der Waals surface area contributed by atoms with Gasteiger partial charge in [0.15, 0.2) is 0 Å². The maximum Gasteiger partial charge on any atom is 0.234 e. The first-order valence-electron chi connectivity index (χ1n) is 5.03. The summed E-state index contributed by atoms with van der Waals surface area (Å²) in [4.78, 5) is 11.1. The zero-order valence-electron chi connectivity index (χ0n) is 9.02. The number of rotatable bonds is 5. The van der Waals surface area contributed by atoms with Crippen LogP contribution in [0.2, 0.25) is 0 Å². The van der Waals surface area contributed by atoms with Crippen molar-refractivity contribution in [2.24, 2.45) is 0 Å². The smallest absolute Gasteiger partial charge is 0.234 e. The van der Waals surface area contributed by atoms with Gasteiger partial charge in [-0.25, -0.2) is 9.82 Å². The van der Waals surface area contributed by atoms with Crippen molar-refractivity contribution in [1.82, 2.24) is 10.9 Å². The summed E-state index contributed by atoms with van der Waals surface area (Å²) in [5.74, 6) is -0.310. The van der Waals surface area contributed by atoms with Gasteiger partial charge < -0.3 is 0 Å². The van der Waals surface area contributed by atoms with Crippen LogP contribution in [0.15, 0.2) is 22.7 Å². The Morgan fingerprint density at radius 2 is 2.25 bits per heavy atom. The number of benzene rings is 1. The Morgan fingerprint density at radius 1 is 1.50 bits per heavy atom. The zero-order chi connectivity index (χ0) is 12.0. The molecule has 3 nitrogen and oxygen atoms in total. The van der Waals surface area contributed by atoms with E-state index in [-0.39, 0.29) is 11.7 Å². The average Bonchev–Trinajstić information content (AvgIpc) is 2.23. The minimum atomic E-state index is -0.225. The second kappa shape index (κ2) is 6.60. The zero-order valence-corrected chi connectivity index (χ0v) is 10.6. The highest BCUT2D eigenvalue weighted by atomic mass is 79.9. The van der Waals surface area contributed by atoms with E-state index in [0.29, 0.717) is 24.8 Å². The molecular weight excluding hydrogens is 275 g/mol. The van der Waals surface area contributed by atoms with E-state index in [1.54, 1.807) is 19.2 Å². The predicted molar refractivity (Wildman–Crippen MR) is 64.2 cm³/mol. The lowest BCUT2D eigenvalue weighted by molar-refractivity contribution is -0.122. The van der Waals surface area contributed by atoms with Crippen molar-refractivity contribution in [2.75, 3.05) is 7.05 Å². The van der Waals surface area contributed by atoms with Crippen molar-refractivity contribution in [3.05, 3.63) is 34.1 Å². The maximum atomic E-state index is 13.3. The summed E-state index contributed by atoms with van der Waals surface area (Å²) in [6.45, 7) is 0. The first-order valence-corrected chi connectivity index (χ1v) is 5.82. The lowest BCUT2D eigenvalue weighted by Crippen LogP contribution is -2.33. The Kier molecular flexibility index (Phi) is 5.42. The molecule has 16 heavy (non-hydrogen) atoms. The molecule has 0 bridgehead atoms. The van der Waals surface area contributed by atoms with Crippen LogP contribution in [0.4, 0.5) is 4.39 Å². The molecule has 5 heteroatoms. The molecule has 0 radical (unpaired) electrons. The average molecular weight is 289 g/mol. The largest absolute Gasteiger partial charge is 0.292 e. The number of hydrogen-bond donors (Lipinski definition) is 2. The van der Waals surface area contributed by atoms with Gasteiger partial charge in [0.25, 0.3) is 0 Å². The minimum Gasteiger partial charge on any atom is -0.292 e. The summed E-state index contributed by atoms with van der Waals surface area (Å²) in [6.07, 6.45) is 1.57. The van der Waals surface area contributed by atoms with Crippen LogP contribution < -0.4 is 10.9 Å². The topological polar surface area (TPSA) is 41.1 Å². The second-order valence-electron chi connectivity index (χ2n) is 3.39. The van der Waals surface area contributed by atoms with Gasteiger partial charge >= 0.3 is 0 Å². The highest BCUT2D eigenvalue weighted by Gasteiger charge is 2.04. The summed E-state index contributed by atoms with van der Waals surface area (Å²) >= 11 is 3.29. The van der Waals surface area contributed by atoms with Gasteiger partial charge in [-0.1, -0.05) is 15.9 Å². The van der Waals surface area contributed by atoms with Crippen LogP contribution in [-0.2, 0) is 11.2 Å². The minimum absolute atomic E-state index is 0.0853. The van der Waals surface area contributed by atoms with Gasteiger partial charge in [-0.2, -0.15) is 0 Å². The fraction of sp³-hybridized carbons (Fsp3) is 0.364. The van der Waals surface area contributed by atoms with E-state index in [1.807, 2.05) is 0 Å². The van der Waals surface area contributed by atoms with Crippen LogP contribution in [-0.4, -0.2) is 13.0 Å². The quantitative estimate of drug-likeness (QED) is 0.816. The lowest BCUT2D eigenvalue weighted by atomic mass is 10.1. The van der Waals surface area contributed by atoms with E-state index in [0.717, 1.165) is 4.47 Å². The molecule has 2 N–H and O–H groups in total. The second-order valence-corrected chi connectivity index (χ2v) is 4.30. The van der Waals surface area contributed by atoms with E-state index in [1.165, 1.54) is 6.07 Å². The van der Waals surface area contributed by atoms with E-state index >= 15 is 0 Å². The molecule has 1 amide bonds. The Bertz CT molecular complexity index is 371. The van der Waals surface area contributed by atoms with Gasteiger partial charge in [0, 0.05) is 17.9 Å². The van der Waals surface area contributed by atoms with Crippen LogP contribution in [0.25, 0.3) is 0 Å². The first kappa shape index (κ1) is 13.1. The fourth-order valence-electron chi connectivity index (χ4n) is 1.38. The molecule has 0 aromatic heterocycles. The summed E-state index contributed by atoms with van der Waals surface area (Å²) in [6, 6.07) is 4.82. The molecule has 0 atom stereocenters. The molecule has 1 aromatic rings. The summed E-state index contributed by atoms with van der Waals surface area (Å²) < 4.78 is 14.2. The molecule has 1 rings (SSSR count).